The Morgan fingerprint density at radius 3 is 2.58 bits per heavy atom. The number of rotatable bonds is 7. The summed E-state index contributed by atoms with van der Waals surface area (Å²) >= 11 is 6.18. The van der Waals surface area contributed by atoms with E-state index in [-0.39, 0.29) is 17.0 Å². The van der Waals surface area contributed by atoms with E-state index in [0.29, 0.717) is 13.2 Å². The van der Waals surface area contributed by atoms with Gasteiger partial charge in [0, 0.05) is 22.1 Å². The van der Waals surface area contributed by atoms with Crippen molar-refractivity contribution < 1.29 is 26.3 Å². The van der Waals surface area contributed by atoms with Crippen molar-refractivity contribution in [1.82, 2.24) is 9.78 Å². The van der Waals surface area contributed by atoms with Gasteiger partial charge in [-0.1, -0.05) is 48.0 Å². The Labute approximate surface area is 157 Å². The molecule has 0 amide bonds. The van der Waals surface area contributed by atoms with Gasteiger partial charge in [-0.15, -0.1) is 4.68 Å². The highest BCUT2D eigenvalue weighted by atomic mass is 79.9. The van der Waals surface area contributed by atoms with Crippen LogP contribution in [-0.2, 0) is 13.1 Å². The van der Waals surface area contributed by atoms with Crippen molar-refractivity contribution in [3.05, 3.63) is 77.8 Å². The summed E-state index contributed by atoms with van der Waals surface area (Å²) in [5.74, 6) is 0.909. The monoisotopic (exact) mass is 407 g/mol. The molecule has 0 saturated heterocycles. The van der Waals surface area contributed by atoms with Crippen LogP contribution < -0.4 is 26.3 Å². The first-order chi connectivity index (χ1) is 11.3. The van der Waals surface area contributed by atoms with E-state index in [1.165, 1.54) is 0 Å². The molecule has 3 rings (SSSR count). The fraction of sp³-hybridized carbons (Fsp3) is 0.222. The third-order valence-electron chi connectivity index (χ3n) is 3.49. The predicted octanol–water partition coefficient (Wildman–Crippen LogP) is 0.345. The number of ether oxygens (including phenoxy) is 1. The molecule has 0 spiro atoms. The summed E-state index contributed by atoms with van der Waals surface area (Å²) in [7, 11) is 0. The average molecular weight is 409 g/mol. The van der Waals surface area contributed by atoms with Crippen LogP contribution in [0.5, 0.6) is 5.75 Å². The van der Waals surface area contributed by atoms with Gasteiger partial charge in [0.05, 0.1) is 13.2 Å². The molecule has 6 heteroatoms. The van der Waals surface area contributed by atoms with Crippen LogP contribution in [0.25, 0.3) is 0 Å². The summed E-state index contributed by atoms with van der Waals surface area (Å²) in [4.78, 5) is 0. The van der Waals surface area contributed by atoms with Crippen LogP contribution in [-0.4, -0.2) is 16.4 Å². The van der Waals surface area contributed by atoms with E-state index in [0.717, 1.165) is 29.3 Å². The normalized spacial score (nSPS) is 10.2. The summed E-state index contributed by atoms with van der Waals surface area (Å²) in [5.41, 5.74) is 1.07. The summed E-state index contributed by atoms with van der Waals surface area (Å²) in [6.45, 7) is 2.23. The molecule has 0 saturated carbocycles. The number of halogens is 2. The zero-order chi connectivity index (χ0) is 15.9. The Morgan fingerprint density at radius 1 is 1.04 bits per heavy atom. The number of aryl methyl sites for hydroxylation is 1. The lowest BCUT2D eigenvalue weighted by Gasteiger charge is -2.04. The summed E-state index contributed by atoms with van der Waals surface area (Å²) < 4.78 is 9.64. The minimum atomic E-state index is 0. The average Bonchev–Trinajstić information content (AvgIpc) is 3.02. The molecule has 0 aliphatic rings. The molecule has 2 aromatic carbocycles. The second kappa shape index (κ2) is 9.45. The van der Waals surface area contributed by atoms with Crippen molar-refractivity contribution in [3.63, 3.8) is 0 Å². The van der Waals surface area contributed by atoms with E-state index in [4.69, 9.17) is 16.3 Å². The smallest absolute Gasteiger partial charge is 0.265 e. The van der Waals surface area contributed by atoms with Gasteiger partial charge in [-0.25, -0.2) is 4.57 Å². The number of benzene rings is 2. The lowest BCUT2D eigenvalue weighted by atomic mass is 10.2. The highest BCUT2D eigenvalue weighted by molar-refractivity contribution is 6.31. The molecule has 3 aromatic rings. The second-order valence-electron chi connectivity index (χ2n) is 5.29. The van der Waals surface area contributed by atoms with Crippen molar-refractivity contribution in [1.29, 1.82) is 0 Å². The van der Waals surface area contributed by atoms with Crippen molar-refractivity contribution >= 4 is 11.6 Å². The Morgan fingerprint density at radius 2 is 1.79 bits per heavy atom. The quantitative estimate of drug-likeness (QED) is 0.417. The molecule has 0 bridgehead atoms. The molecule has 1 aromatic heterocycles. The van der Waals surface area contributed by atoms with Crippen LogP contribution in [0.2, 0.25) is 5.02 Å². The molecule has 4 nitrogen and oxygen atoms in total. The van der Waals surface area contributed by atoms with Crippen LogP contribution in [0.4, 0.5) is 0 Å². The zero-order valence-electron chi connectivity index (χ0n) is 13.2. The summed E-state index contributed by atoms with van der Waals surface area (Å²) in [5, 5.41) is 5.14. The lowest BCUT2D eigenvalue weighted by Crippen LogP contribution is -3.00. The van der Waals surface area contributed by atoms with Gasteiger partial charge in [-0.05, 0) is 18.2 Å². The fourth-order valence-corrected chi connectivity index (χ4v) is 2.51. The van der Waals surface area contributed by atoms with E-state index < -0.39 is 0 Å². The number of para-hydroxylation sites is 1. The molecule has 0 aliphatic heterocycles. The molecule has 126 valence electrons. The van der Waals surface area contributed by atoms with Gasteiger partial charge in [-0.2, -0.15) is 0 Å². The van der Waals surface area contributed by atoms with Crippen LogP contribution in [0.15, 0.2) is 67.3 Å². The van der Waals surface area contributed by atoms with E-state index >= 15 is 0 Å². The number of hydrogen-bond acceptors (Lipinski definition) is 2. The van der Waals surface area contributed by atoms with Gasteiger partial charge in [0.15, 0.2) is 0 Å². The van der Waals surface area contributed by atoms with Crippen molar-refractivity contribution in [3.8, 4) is 5.75 Å². The van der Waals surface area contributed by atoms with Crippen LogP contribution in [0, 0.1) is 0 Å². The van der Waals surface area contributed by atoms with E-state index in [9.17, 15) is 0 Å². The maximum atomic E-state index is 6.18. The Kier molecular flexibility index (Phi) is 7.28. The SMILES string of the molecule is Clc1ccccc1Cn1c[n+](CCCOc2ccccc2)cn1.[Br-]. The maximum Gasteiger partial charge on any atom is 0.265 e. The highest BCUT2D eigenvalue weighted by Gasteiger charge is 2.08. The molecule has 0 aliphatic carbocycles. The molecular formula is C18H19BrClN3O. The van der Waals surface area contributed by atoms with E-state index in [1.807, 2.05) is 71.9 Å². The van der Waals surface area contributed by atoms with Crippen LogP contribution in [0.1, 0.15) is 12.0 Å². The number of nitrogens with zero attached hydrogens (tertiary/aromatic N) is 3. The lowest BCUT2D eigenvalue weighted by molar-refractivity contribution is -0.698. The van der Waals surface area contributed by atoms with Gasteiger partial charge in [-0.3, -0.25) is 0 Å². The summed E-state index contributed by atoms with van der Waals surface area (Å²) in [6.07, 6.45) is 4.75. The Balaban J connectivity index is 0.00000208. The minimum absolute atomic E-state index is 0. The standard InChI is InChI=1S/C18H19ClN3O.BrH/c19-18-10-5-4-7-16(18)13-22-15-21(14-20-22)11-6-12-23-17-8-2-1-3-9-17;/h1-5,7-10,14-15H,6,11-13H2;1H/q+1;/p-1. The Bertz CT molecular complexity index is 749. The molecule has 0 radical (unpaired) electrons. The molecule has 0 N–H and O–H groups in total. The highest BCUT2D eigenvalue weighted by Crippen LogP contribution is 2.15. The van der Waals surface area contributed by atoms with Crippen LogP contribution in [0.3, 0.4) is 0 Å². The van der Waals surface area contributed by atoms with Crippen molar-refractivity contribution in [2.75, 3.05) is 6.61 Å². The first kappa shape index (κ1) is 18.5. The molecule has 0 fully saturated rings. The van der Waals surface area contributed by atoms with Gasteiger partial charge < -0.3 is 21.7 Å². The van der Waals surface area contributed by atoms with Crippen molar-refractivity contribution in [2.24, 2.45) is 0 Å². The largest absolute Gasteiger partial charge is 1.00 e. The molecule has 24 heavy (non-hydrogen) atoms. The first-order valence-electron chi connectivity index (χ1n) is 7.64. The van der Waals surface area contributed by atoms with E-state index in [1.54, 1.807) is 0 Å². The van der Waals surface area contributed by atoms with Crippen molar-refractivity contribution in [2.45, 2.75) is 19.5 Å². The van der Waals surface area contributed by atoms with Gasteiger partial charge in [0.2, 0.25) is 6.33 Å². The fourth-order valence-electron chi connectivity index (χ4n) is 2.32. The molecule has 0 unspecified atom stereocenters. The molecule has 1 heterocycles. The summed E-state index contributed by atoms with van der Waals surface area (Å²) in [6, 6.07) is 17.7. The minimum Gasteiger partial charge on any atom is -1.00 e. The van der Waals surface area contributed by atoms with Gasteiger partial charge >= 0.3 is 0 Å². The predicted molar refractivity (Wildman–Crippen MR) is 89.5 cm³/mol. The molecular weight excluding hydrogens is 390 g/mol. The third-order valence-corrected chi connectivity index (χ3v) is 3.86. The van der Waals surface area contributed by atoms with Gasteiger partial charge in [0.25, 0.3) is 6.33 Å². The topological polar surface area (TPSA) is 30.9 Å². The Hall–Kier alpha value is -1.85. The van der Waals surface area contributed by atoms with Gasteiger partial charge in [0.1, 0.15) is 12.3 Å². The number of aromatic nitrogens is 3. The maximum absolute atomic E-state index is 6.18. The zero-order valence-corrected chi connectivity index (χ0v) is 15.5. The van der Waals surface area contributed by atoms with Crippen LogP contribution >= 0.6 is 11.6 Å². The van der Waals surface area contributed by atoms with E-state index in [2.05, 4.69) is 9.67 Å². The molecule has 0 atom stereocenters. The second-order valence-corrected chi connectivity index (χ2v) is 5.70. The third kappa shape index (κ3) is 5.35. The first-order valence-corrected chi connectivity index (χ1v) is 8.02. The number of hydrogen-bond donors (Lipinski definition) is 0.